The number of carboxylic acid groups (broad SMARTS) is 1. The summed E-state index contributed by atoms with van der Waals surface area (Å²) < 4.78 is 2.04. The summed E-state index contributed by atoms with van der Waals surface area (Å²) in [7, 11) is 0. The second-order valence-corrected chi connectivity index (χ2v) is 5.32. The lowest BCUT2D eigenvalue weighted by molar-refractivity contribution is -0.141. The van der Waals surface area contributed by atoms with Crippen molar-refractivity contribution in [2.45, 2.75) is 45.7 Å². The average molecular weight is 265 g/mol. The highest BCUT2D eigenvalue weighted by molar-refractivity contribution is 5.70. The van der Waals surface area contributed by atoms with Gasteiger partial charge < -0.3 is 5.11 Å². The molecular formula is C14H23N3O2. The summed E-state index contributed by atoms with van der Waals surface area (Å²) in [6.45, 7) is 6.61. The third kappa shape index (κ3) is 3.35. The molecule has 106 valence electrons. The van der Waals surface area contributed by atoms with Crippen molar-refractivity contribution in [1.82, 2.24) is 14.7 Å². The number of rotatable bonds is 6. The Balaban J connectivity index is 1.92. The van der Waals surface area contributed by atoms with Gasteiger partial charge in [0.15, 0.2) is 0 Å². The van der Waals surface area contributed by atoms with Gasteiger partial charge in [-0.3, -0.25) is 14.4 Å². The van der Waals surface area contributed by atoms with Crippen LogP contribution in [0.2, 0.25) is 0 Å². The Morgan fingerprint density at radius 1 is 1.53 bits per heavy atom. The number of likely N-dealkylation sites (tertiary alicyclic amines) is 1. The zero-order chi connectivity index (χ0) is 13.8. The molecule has 0 bridgehead atoms. The molecule has 0 radical (unpaired) electrons. The average Bonchev–Trinajstić information content (AvgIpc) is 3.01. The van der Waals surface area contributed by atoms with Crippen LogP contribution in [0.25, 0.3) is 0 Å². The first-order chi connectivity index (χ1) is 9.13. The monoisotopic (exact) mass is 265 g/mol. The fourth-order valence-corrected chi connectivity index (χ4v) is 2.73. The van der Waals surface area contributed by atoms with E-state index in [0.29, 0.717) is 12.6 Å². The SMILES string of the molecule is CCC(CC)n1ccc(CN2CCC(C(=O)O)C2)n1. The van der Waals surface area contributed by atoms with Gasteiger partial charge in [0.1, 0.15) is 0 Å². The summed E-state index contributed by atoms with van der Waals surface area (Å²) in [6.07, 6.45) is 4.96. The molecule has 0 aliphatic carbocycles. The number of hydrogen-bond acceptors (Lipinski definition) is 3. The number of aliphatic carboxylic acids is 1. The summed E-state index contributed by atoms with van der Waals surface area (Å²) in [6, 6.07) is 2.52. The second-order valence-electron chi connectivity index (χ2n) is 5.32. The van der Waals surface area contributed by atoms with Gasteiger partial charge in [0, 0.05) is 19.3 Å². The van der Waals surface area contributed by atoms with E-state index < -0.39 is 5.97 Å². The van der Waals surface area contributed by atoms with Gasteiger partial charge in [0.05, 0.1) is 17.7 Å². The molecule has 1 aliphatic heterocycles. The summed E-state index contributed by atoms with van der Waals surface area (Å²) in [5, 5.41) is 13.6. The fraction of sp³-hybridized carbons (Fsp3) is 0.714. The van der Waals surface area contributed by atoms with E-state index in [1.54, 1.807) is 0 Å². The molecule has 5 heteroatoms. The van der Waals surface area contributed by atoms with Gasteiger partial charge >= 0.3 is 5.97 Å². The van der Waals surface area contributed by atoms with Gasteiger partial charge in [0.2, 0.25) is 0 Å². The van der Waals surface area contributed by atoms with E-state index >= 15 is 0 Å². The minimum Gasteiger partial charge on any atom is -0.481 e. The van der Waals surface area contributed by atoms with Gasteiger partial charge in [-0.2, -0.15) is 5.10 Å². The third-order valence-electron chi connectivity index (χ3n) is 3.99. The number of aromatic nitrogens is 2. The molecule has 1 aliphatic rings. The second kappa shape index (κ2) is 6.19. The van der Waals surface area contributed by atoms with Crippen LogP contribution in [-0.4, -0.2) is 38.8 Å². The van der Waals surface area contributed by atoms with E-state index in [1.165, 1.54) is 0 Å². The molecule has 0 amide bonds. The van der Waals surface area contributed by atoms with Gasteiger partial charge in [-0.25, -0.2) is 0 Å². The summed E-state index contributed by atoms with van der Waals surface area (Å²) >= 11 is 0. The Kier molecular flexibility index (Phi) is 4.58. The topological polar surface area (TPSA) is 58.4 Å². The van der Waals surface area contributed by atoms with Crippen molar-refractivity contribution in [2.75, 3.05) is 13.1 Å². The van der Waals surface area contributed by atoms with Crippen molar-refractivity contribution in [3.8, 4) is 0 Å². The third-order valence-corrected chi connectivity index (χ3v) is 3.99. The summed E-state index contributed by atoms with van der Waals surface area (Å²) in [5.41, 5.74) is 1.04. The first-order valence-corrected chi connectivity index (χ1v) is 7.13. The number of hydrogen-bond donors (Lipinski definition) is 1. The molecular weight excluding hydrogens is 242 g/mol. The Morgan fingerprint density at radius 2 is 2.26 bits per heavy atom. The van der Waals surface area contributed by atoms with Crippen molar-refractivity contribution >= 4 is 5.97 Å². The van der Waals surface area contributed by atoms with Crippen molar-refractivity contribution in [1.29, 1.82) is 0 Å². The predicted octanol–water partition coefficient (Wildman–Crippen LogP) is 2.15. The molecule has 1 aromatic rings. The quantitative estimate of drug-likeness (QED) is 0.856. The van der Waals surface area contributed by atoms with Crippen molar-refractivity contribution in [2.24, 2.45) is 5.92 Å². The molecule has 1 saturated heterocycles. The van der Waals surface area contributed by atoms with Crippen LogP contribution in [0.4, 0.5) is 0 Å². The molecule has 1 atom stereocenters. The maximum Gasteiger partial charge on any atom is 0.307 e. The van der Waals surface area contributed by atoms with Crippen LogP contribution >= 0.6 is 0 Å². The smallest absolute Gasteiger partial charge is 0.307 e. The maximum atomic E-state index is 10.9. The first kappa shape index (κ1) is 14.1. The Bertz CT molecular complexity index is 426. The Labute approximate surface area is 114 Å². The minimum absolute atomic E-state index is 0.207. The van der Waals surface area contributed by atoms with Crippen LogP contribution in [0.5, 0.6) is 0 Å². The van der Waals surface area contributed by atoms with E-state index in [0.717, 1.165) is 38.0 Å². The largest absolute Gasteiger partial charge is 0.481 e. The van der Waals surface area contributed by atoms with E-state index in [1.807, 2.05) is 16.9 Å². The molecule has 1 unspecified atom stereocenters. The van der Waals surface area contributed by atoms with Crippen molar-refractivity contribution < 1.29 is 9.90 Å². The molecule has 2 heterocycles. The highest BCUT2D eigenvalue weighted by atomic mass is 16.4. The summed E-state index contributed by atoms with van der Waals surface area (Å²) in [4.78, 5) is 13.1. The zero-order valence-corrected chi connectivity index (χ0v) is 11.7. The lowest BCUT2D eigenvalue weighted by Gasteiger charge is -2.14. The fourth-order valence-electron chi connectivity index (χ4n) is 2.73. The Hall–Kier alpha value is -1.36. The molecule has 1 aromatic heterocycles. The van der Waals surface area contributed by atoms with E-state index in [9.17, 15) is 4.79 Å². The first-order valence-electron chi connectivity index (χ1n) is 7.13. The molecule has 1 fully saturated rings. The van der Waals surface area contributed by atoms with Crippen molar-refractivity contribution in [3.63, 3.8) is 0 Å². The molecule has 0 aromatic carbocycles. The van der Waals surface area contributed by atoms with E-state index in [-0.39, 0.29) is 5.92 Å². The van der Waals surface area contributed by atoms with Gasteiger partial charge in [-0.15, -0.1) is 0 Å². The van der Waals surface area contributed by atoms with Crippen LogP contribution in [0.3, 0.4) is 0 Å². The standard InChI is InChI=1S/C14H23N3O2/c1-3-13(4-2)17-8-6-12(15-17)10-16-7-5-11(9-16)14(18)19/h6,8,11,13H,3-5,7,9-10H2,1-2H3,(H,18,19). The van der Waals surface area contributed by atoms with Crippen LogP contribution < -0.4 is 0 Å². The number of nitrogens with zero attached hydrogens (tertiary/aromatic N) is 3. The maximum absolute atomic E-state index is 10.9. The molecule has 19 heavy (non-hydrogen) atoms. The van der Waals surface area contributed by atoms with E-state index in [2.05, 4.69) is 23.8 Å². The molecule has 5 nitrogen and oxygen atoms in total. The number of carboxylic acids is 1. The lowest BCUT2D eigenvalue weighted by Crippen LogP contribution is -2.23. The predicted molar refractivity (Wildman–Crippen MR) is 72.9 cm³/mol. The lowest BCUT2D eigenvalue weighted by atomic mass is 10.1. The highest BCUT2D eigenvalue weighted by Crippen LogP contribution is 2.19. The van der Waals surface area contributed by atoms with Crippen LogP contribution in [0, 0.1) is 5.92 Å². The van der Waals surface area contributed by atoms with Gasteiger partial charge in [0.25, 0.3) is 0 Å². The number of carbonyl (C=O) groups is 1. The van der Waals surface area contributed by atoms with Crippen molar-refractivity contribution in [3.05, 3.63) is 18.0 Å². The molecule has 0 spiro atoms. The van der Waals surface area contributed by atoms with Crippen LogP contribution in [0.1, 0.15) is 44.8 Å². The Morgan fingerprint density at radius 3 is 2.84 bits per heavy atom. The van der Waals surface area contributed by atoms with Crippen LogP contribution in [0.15, 0.2) is 12.3 Å². The zero-order valence-electron chi connectivity index (χ0n) is 11.7. The highest BCUT2D eigenvalue weighted by Gasteiger charge is 2.28. The summed E-state index contributed by atoms with van der Waals surface area (Å²) in [5.74, 6) is -0.883. The van der Waals surface area contributed by atoms with Crippen LogP contribution in [-0.2, 0) is 11.3 Å². The molecule has 1 N–H and O–H groups in total. The molecule has 2 rings (SSSR count). The van der Waals surface area contributed by atoms with E-state index in [4.69, 9.17) is 5.11 Å². The molecule has 0 saturated carbocycles. The van der Waals surface area contributed by atoms with Gasteiger partial charge in [-0.05, 0) is 31.9 Å². The normalized spacial score (nSPS) is 20.3. The minimum atomic E-state index is -0.676. The van der Waals surface area contributed by atoms with Gasteiger partial charge in [-0.1, -0.05) is 13.8 Å².